The molecule has 0 amide bonds. The minimum absolute atomic E-state index is 0.318. The maximum absolute atomic E-state index is 5.10. The predicted octanol–water partition coefficient (Wildman–Crippen LogP) is 1.62. The molecule has 1 heterocycles. The van der Waals surface area contributed by atoms with E-state index in [9.17, 15) is 0 Å². The van der Waals surface area contributed by atoms with E-state index in [1.165, 1.54) is 0 Å². The van der Waals surface area contributed by atoms with Crippen molar-refractivity contribution in [2.45, 2.75) is 0 Å². The Kier molecular flexibility index (Phi) is 2.29. The first kappa shape index (κ1) is 7.09. The minimum atomic E-state index is 0.318. The zero-order chi connectivity index (χ0) is 7.40. The highest BCUT2D eigenvalue weighted by molar-refractivity contribution is 5.28. The van der Waals surface area contributed by atoms with Crippen LogP contribution in [0.5, 0.6) is 0 Å². The van der Waals surface area contributed by atoms with Crippen LogP contribution in [0.15, 0.2) is 36.6 Å². The Hall–Kier alpha value is -1.02. The van der Waals surface area contributed by atoms with Gasteiger partial charge in [0, 0.05) is 5.57 Å². The van der Waals surface area contributed by atoms with Gasteiger partial charge in [-0.05, 0) is 6.08 Å². The van der Waals surface area contributed by atoms with Crippen molar-refractivity contribution in [3.8, 4) is 0 Å². The molecule has 0 fully saturated rings. The summed E-state index contributed by atoms with van der Waals surface area (Å²) in [7, 11) is 0. The molecule has 0 saturated heterocycles. The first-order valence-corrected chi connectivity index (χ1v) is 3.07. The summed E-state index contributed by atoms with van der Waals surface area (Å²) in [6, 6.07) is 0. The molecular weight excluding hydrogens is 128 g/mol. The standard InChI is InChI=1S/C8H10O2/c1-3-7-5-9-6-10-8(7)4-2/h3-4H,1-2,5-6H2. The highest BCUT2D eigenvalue weighted by Gasteiger charge is 2.07. The van der Waals surface area contributed by atoms with E-state index in [1.807, 2.05) is 0 Å². The monoisotopic (exact) mass is 138 g/mol. The van der Waals surface area contributed by atoms with Crippen LogP contribution >= 0.6 is 0 Å². The molecule has 0 atom stereocenters. The van der Waals surface area contributed by atoms with E-state index in [1.54, 1.807) is 12.2 Å². The molecule has 2 heteroatoms. The van der Waals surface area contributed by atoms with Gasteiger partial charge in [-0.2, -0.15) is 0 Å². The minimum Gasteiger partial charge on any atom is -0.467 e. The second kappa shape index (κ2) is 3.22. The van der Waals surface area contributed by atoms with Crippen LogP contribution in [0.4, 0.5) is 0 Å². The van der Waals surface area contributed by atoms with Crippen molar-refractivity contribution in [3.05, 3.63) is 36.6 Å². The summed E-state index contributed by atoms with van der Waals surface area (Å²) in [5.74, 6) is 0.779. The van der Waals surface area contributed by atoms with Crippen molar-refractivity contribution < 1.29 is 9.47 Å². The van der Waals surface area contributed by atoms with Gasteiger partial charge in [-0.1, -0.05) is 19.2 Å². The van der Waals surface area contributed by atoms with E-state index >= 15 is 0 Å². The van der Waals surface area contributed by atoms with Crippen LogP contribution in [0.2, 0.25) is 0 Å². The number of allylic oxidation sites excluding steroid dienone is 1. The Bertz CT molecular complexity index is 160. The fraction of sp³-hybridized carbons (Fsp3) is 0.250. The SMILES string of the molecule is C=CC1=C(C=C)OCOC1. The van der Waals surface area contributed by atoms with Crippen LogP contribution in [-0.2, 0) is 9.47 Å². The molecule has 0 unspecified atom stereocenters. The molecule has 0 aliphatic carbocycles. The normalized spacial score (nSPS) is 18.0. The summed E-state index contributed by atoms with van der Waals surface area (Å²) in [5, 5.41) is 0. The average Bonchev–Trinajstić information content (AvgIpc) is 2.04. The molecule has 1 aliphatic rings. The Morgan fingerprint density at radius 2 is 2.10 bits per heavy atom. The Labute approximate surface area is 60.4 Å². The summed E-state index contributed by atoms with van der Waals surface area (Å²) in [6.07, 6.45) is 3.38. The van der Waals surface area contributed by atoms with Gasteiger partial charge in [-0.25, -0.2) is 0 Å². The quantitative estimate of drug-likeness (QED) is 0.577. The van der Waals surface area contributed by atoms with E-state index in [0.29, 0.717) is 13.4 Å². The summed E-state index contributed by atoms with van der Waals surface area (Å²) in [6.45, 7) is 8.11. The molecule has 0 aromatic carbocycles. The maximum atomic E-state index is 5.10. The molecule has 0 aromatic heterocycles. The van der Waals surface area contributed by atoms with Crippen molar-refractivity contribution in [2.24, 2.45) is 0 Å². The van der Waals surface area contributed by atoms with Gasteiger partial charge in [-0.3, -0.25) is 0 Å². The van der Waals surface area contributed by atoms with E-state index in [4.69, 9.17) is 9.47 Å². The van der Waals surface area contributed by atoms with Crippen molar-refractivity contribution in [1.29, 1.82) is 0 Å². The lowest BCUT2D eigenvalue weighted by Gasteiger charge is -2.16. The fourth-order valence-corrected chi connectivity index (χ4v) is 0.770. The molecule has 54 valence electrons. The lowest BCUT2D eigenvalue weighted by atomic mass is 10.2. The summed E-state index contributed by atoms with van der Waals surface area (Å²) < 4.78 is 10.1. The zero-order valence-corrected chi connectivity index (χ0v) is 5.80. The van der Waals surface area contributed by atoms with Crippen molar-refractivity contribution in [1.82, 2.24) is 0 Å². The molecule has 0 saturated carbocycles. The van der Waals surface area contributed by atoms with E-state index in [2.05, 4.69) is 13.2 Å². The smallest absolute Gasteiger partial charge is 0.189 e. The molecule has 0 aromatic rings. The molecule has 0 radical (unpaired) electrons. The first-order valence-electron chi connectivity index (χ1n) is 3.07. The second-order valence-electron chi connectivity index (χ2n) is 1.91. The van der Waals surface area contributed by atoms with Crippen LogP contribution in [0.3, 0.4) is 0 Å². The molecular formula is C8H10O2. The van der Waals surface area contributed by atoms with Crippen LogP contribution < -0.4 is 0 Å². The van der Waals surface area contributed by atoms with Gasteiger partial charge < -0.3 is 9.47 Å². The third kappa shape index (κ3) is 1.28. The highest BCUT2D eigenvalue weighted by Crippen LogP contribution is 2.13. The second-order valence-corrected chi connectivity index (χ2v) is 1.91. The van der Waals surface area contributed by atoms with Crippen LogP contribution in [0.25, 0.3) is 0 Å². The molecule has 1 rings (SSSR count). The maximum Gasteiger partial charge on any atom is 0.189 e. The molecule has 0 N–H and O–H groups in total. The number of hydrogen-bond donors (Lipinski definition) is 0. The Morgan fingerprint density at radius 1 is 1.30 bits per heavy atom. The van der Waals surface area contributed by atoms with Gasteiger partial charge in [-0.15, -0.1) is 0 Å². The lowest BCUT2D eigenvalue weighted by molar-refractivity contribution is -0.0292. The molecule has 1 aliphatic heterocycles. The third-order valence-electron chi connectivity index (χ3n) is 1.30. The Balaban J connectivity index is 2.81. The number of rotatable bonds is 2. The average molecular weight is 138 g/mol. The van der Waals surface area contributed by atoms with E-state index in [0.717, 1.165) is 11.3 Å². The number of ether oxygens (including phenoxy) is 2. The van der Waals surface area contributed by atoms with Gasteiger partial charge in [0.2, 0.25) is 0 Å². The van der Waals surface area contributed by atoms with Crippen LogP contribution in [0, 0.1) is 0 Å². The third-order valence-corrected chi connectivity index (χ3v) is 1.30. The topological polar surface area (TPSA) is 18.5 Å². The van der Waals surface area contributed by atoms with Crippen molar-refractivity contribution in [2.75, 3.05) is 13.4 Å². The lowest BCUT2D eigenvalue weighted by Crippen LogP contribution is -2.11. The predicted molar refractivity (Wildman–Crippen MR) is 39.3 cm³/mol. The van der Waals surface area contributed by atoms with E-state index in [-0.39, 0.29) is 0 Å². The summed E-state index contributed by atoms with van der Waals surface area (Å²) >= 11 is 0. The molecule has 10 heavy (non-hydrogen) atoms. The largest absolute Gasteiger partial charge is 0.467 e. The zero-order valence-electron chi connectivity index (χ0n) is 5.80. The van der Waals surface area contributed by atoms with Gasteiger partial charge >= 0.3 is 0 Å². The van der Waals surface area contributed by atoms with Crippen molar-refractivity contribution >= 4 is 0 Å². The summed E-state index contributed by atoms with van der Waals surface area (Å²) in [5.41, 5.74) is 0.959. The molecule has 0 bridgehead atoms. The summed E-state index contributed by atoms with van der Waals surface area (Å²) in [4.78, 5) is 0. The van der Waals surface area contributed by atoms with Gasteiger partial charge in [0.1, 0.15) is 5.76 Å². The van der Waals surface area contributed by atoms with Crippen molar-refractivity contribution in [3.63, 3.8) is 0 Å². The number of hydrogen-bond acceptors (Lipinski definition) is 2. The molecule has 2 nitrogen and oxygen atoms in total. The van der Waals surface area contributed by atoms with Gasteiger partial charge in [0.15, 0.2) is 6.79 Å². The van der Waals surface area contributed by atoms with E-state index < -0.39 is 0 Å². The fourth-order valence-electron chi connectivity index (χ4n) is 0.770. The van der Waals surface area contributed by atoms with Crippen LogP contribution in [0.1, 0.15) is 0 Å². The van der Waals surface area contributed by atoms with Gasteiger partial charge in [0.05, 0.1) is 6.61 Å². The van der Waals surface area contributed by atoms with Crippen LogP contribution in [-0.4, -0.2) is 13.4 Å². The molecule has 0 spiro atoms. The first-order chi connectivity index (χ1) is 4.88. The highest BCUT2D eigenvalue weighted by atomic mass is 16.7. The van der Waals surface area contributed by atoms with Gasteiger partial charge in [0.25, 0.3) is 0 Å². The Morgan fingerprint density at radius 3 is 2.60 bits per heavy atom.